The summed E-state index contributed by atoms with van der Waals surface area (Å²) >= 11 is 6.65. The third-order valence-corrected chi connectivity index (χ3v) is 3.95. The largest absolute Gasteiger partial charge is 0.398 e. The molecule has 0 atom stereocenters. The summed E-state index contributed by atoms with van der Waals surface area (Å²) in [5.41, 5.74) is 11.1. The van der Waals surface area contributed by atoms with Gasteiger partial charge in [0.05, 0.1) is 16.3 Å². The lowest BCUT2D eigenvalue weighted by Crippen LogP contribution is -2.16. The fourth-order valence-corrected chi connectivity index (χ4v) is 2.67. The van der Waals surface area contributed by atoms with Crippen molar-refractivity contribution in [2.75, 3.05) is 11.5 Å². The summed E-state index contributed by atoms with van der Waals surface area (Å²) in [4.78, 5) is 11.5. The van der Waals surface area contributed by atoms with Gasteiger partial charge in [-0.05, 0) is 24.8 Å². The van der Waals surface area contributed by atoms with Crippen LogP contribution in [0.2, 0.25) is 5.02 Å². The molecule has 0 unspecified atom stereocenters. The highest BCUT2D eigenvalue weighted by Gasteiger charge is 2.18. The van der Waals surface area contributed by atoms with Crippen molar-refractivity contribution < 1.29 is 4.39 Å². The Bertz CT molecular complexity index is 683. The van der Waals surface area contributed by atoms with Gasteiger partial charge in [-0.2, -0.15) is 0 Å². The number of nitrogens with one attached hydrogen (secondary N) is 1. The number of aromatic nitrogens is 3. The maximum Gasteiger partial charge on any atom is 0.343 e. The second-order valence-electron chi connectivity index (χ2n) is 3.67. The van der Waals surface area contributed by atoms with Crippen LogP contribution in [0.5, 0.6) is 0 Å². The van der Waals surface area contributed by atoms with Crippen molar-refractivity contribution in [2.24, 2.45) is 0 Å². The molecule has 1 aromatic heterocycles. The average Bonchev–Trinajstić information content (AvgIpc) is 2.72. The van der Waals surface area contributed by atoms with Crippen molar-refractivity contribution in [1.82, 2.24) is 14.8 Å². The van der Waals surface area contributed by atoms with E-state index in [4.69, 9.17) is 23.1 Å². The van der Waals surface area contributed by atoms with Gasteiger partial charge in [0.25, 0.3) is 0 Å². The maximum atomic E-state index is 14.0. The van der Waals surface area contributed by atoms with Crippen LogP contribution in [0.3, 0.4) is 0 Å². The van der Waals surface area contributed by atoms with Crippen LogP contribution in [0, 0.1) is 5.82 Å². The number of hydrogen-bond acceptors (Lipinski definition) is 5. The van der Waals surface area contributed by atoms with Gasteiger partial charge in [-0.25, -0.2) is 14.3 Å². The Hall–Kier alpha value is -1.67. The lowest BCUT2D eigenvalue weighted by molar-refractivity contribution is 0.602. The molecule has 1 heterocycles. The fraction of sp³-hybridized carbons (Fsp3) is 0.200. The van der Waals surface area contributed by atoms with E-state index in [1.807, 2.05) is 0 Å². The summed E-state index contributed by atoms with van der Waals surface area (Å²) < 4.78 is 15.4. The molecule has 0 aliphatic heterocycles. The number of halogens is 2. The van der Waals surface area contributed by atoms with Gasteiger partial charge in [-0.1, -0.05) is 11.6 Å². The summed E-state index contributed by atoms with van der Waals surface area (Å²) in [6, 6.07) is 1.37. The molecule has 0 amide bonds. The summed E-state index contributed by atoms with van der Waals surface area (Å²) in [5, 5.41) is 6.20. The highest BCUT2D eigenvalue weighted by Crippen LogP contribution is 2.38. The summed E-state index contributed by atoms with van der Waals surface area (Å²) in [6.45, 7) is 2.18. The van der Waals surface area contributed by atoms with Crippen molar-refractivity contribution in [3.63, 3.8) is 0 Å². The van der Waals surface area contributed by atoms with Gasteiger partial charge in [0.2, 0.25) is 0 Å². The monoisotopic (exact) mass is 303 g/mol. The molecule has 0 bridgehead atoms. The minimum absolute atomic E-state index is 0.0657. The van der Waals surface area contributed by atoms with Crippen LogP contribution < -0.4 is 17.2 Å². The minimum atomic E-state index is -0.720. The molecule has 5 N–H and O–H groups in total. The van der Waals surface area contributed by atoms with E-state index in [0.717, 1.165) is 11.8 Å². The first-order chi connectivity index (χ1) is 8.95. The number of hydrogen-bond donors (Lipinski definition) is 3. The van der Waals surface area contributed by atoms with Gasteiger partial charge in [-0.3, -0.25) is 4.57 Å². The fourth-order valence-electron chi connectivity index (χ4n) is 1.50. The third kappa shape index (κ3) is 2.41. The zero-order valence-electron chi connectivity index (χ0n) is 9.91. The molecule has 19 heavy (non-hydrogen) atoms. The van der Waals surface area contributed by atoms with Gasteiger partial charge in [0.15, 0.2) is 11.0 Å². The minimum Gasteiger partial charge on any atom is -0.398 e. The molecule has 6 nitrogen and oxygen atoms in total. The molecule has 1 aromatic carbocycles. The summed E-state index contributed by atoms with van der Waals surface area (Å²) in [5.74, 6) is -0.720. The van der Waals surface area contributed by atoms with E-state index in [1.165, 1.54) is 10.6 Å². The molecule has 0 aliphatic rings. The number of nitrogen functional groups attached to an aromatic ring is 2. The number of anilines is 2. The Morgan fingerprint density at radius 3 is 2.84 bits per heavy atom. The molecule has 0 spiro atoms. The molecule has 2 rings (SSSR count). The molecule has 0 aliphatic carbocycles. The van der Waals surface area contributed by atoms with Gasteiger partial charge in [-0.15, -0.1) is 5.10 Å². The number of H-pyrrole nitrogens is 1. The van der Waals surface area contributed by atoms with Crippen LogP contribution in [0.15, 0.2) is 20.9 Å². The molecular weight excluding hydrogens is 293 g/mol. The zero-order valence-corrected chi connectivity index (χ0v) is 11.5. The van der Waals surface area contributed by atoms with E-state index in [0.29, 0.717) is 11.7 Å². The maximum absolute atomic E-state index is 14.0. The van der Waals surface area contributed by atoms with Crippen LogP contribution in [-0.4, -0.2) is 14.8 Å². The van der Waals surface area contributed by atoms with Crippen LogP contribution in [-0.2, 0) is 6.54 Å². The first-order valence-corrected chi connectivity index (χ1v) is 6.51. The Labute approximate surface area is 116 Å². The number of benzene rings is 1. The Kier molecular flexibility index (Phi) is 3.72. The van der Waals surface area contributed by atoms with E-state index in [-0.39, 0.29) is 27.0 Å². The Morgan fingerprint density at radius 1 is 1.53 bits per heavy atom. The van der Waals surface area contributed by atoms with Gasteiger partial charge in [0, 0.05) is 6.54 Å². The average molecular weight is 304 g/mol. The van der Waals surface area contributed by atoms with Gasteiger partial charge in [0.1, 0.15) is 5.02 Å². The normalized spacial score (nSPS) is 10.9. The van der Waals surface area contributed by atoms with Crippen molar-refractivity contribution in [3.05, 3.63) is 27.4 Å². The van der Waals surface area contributed by atoms with Gasteiger partial charge >= 0.3 is 5.69 Å². The molecule has 0 radical (unpaired) electrons. The smallest absolute Gasteiger partial charge is 0.343 e. The van der Waals surface area contributed by atoms with Crippen LogP contribution in [0.1, 0.15) is 6.92 Å². The van der Waals surface area contributed by atoms with Crippen molar-refractivity contribution in [3.8, 4) is 0 Å². The van der Waals surface area contributed by atoms with E-state index < -0.39 is 5.82 Å². The van der Waals surface area contributed by atoms with Crippen LogP contribution in [0.4, 0.5) is 15.8 Å². The van der Waals surface area contributed by atoms with Crippen molar-refractivity contribution in [1.29, 1.82) is 0 Å². The van der Waals surface area contributed by atoms with Crippen LogP contribution >= 0.6 is 23.4 Å². The number of nitrogens with two attached hydrogens (primary N) is 2. The second-order valence-corrected chi connectivity index (χ2v) is 5.03. The Morgan fingerprint density at radius 2 is 2.21 bits per heavy atom. The quantitative estimate of drug-likeness (QED) is 0.749. The summed E-state index contributed by atoms with van der Waals surface area (Å²) in [7, 11) is 0. The molecule has 9 heteroatoms. The number of nitrogens with zero attached hydrogens (tertiary/aromatic N) is 2. The van der Waals surface area contributed by atoms with Crippen molar-refractivity contribution in [2.45, 2.75) is 23.5 Å². The van der Waals surface area contributed by atoms with Gasteiger partial charge < -0.3 is 11.5 Å². The number of rotatable bonds is 3. The van der Waals surface area contributed by atoms with E-state index in [2.05, 4.69) is 10.2 Å². The number of aromatic amines is 1. The highest BCUT2D eigenvalue weighted by molar-refractivity contribution is 7.99. The highest BCUT2D eigenvalue weighted by atomic mass is 35.5. The van der Waals surface area contributed by atoms with Crippen molar-refractivity contribution >= 4 is 34.7 Å². The molecule has 0 saturated carbocycles. The second kappa shape index (κ2) is 5.14. The lowest BCUT2D eigenvalue weighted by atomic mass is 10.3. The first-order valence-electron chi connectivity index (χ1n) is 5.31. The summed E-state index contributed by atoms with van der Waals surface area (Å²) in [6.07, 6.45) is 0. The molecule has 102 valence electrons. The third-order valence-electron chi connectivity index (χ3n) is 2.45. The standard InChI is InChI=1S/C10H11ClFN5OS/c1-2-17-9(18)15-16-10(17)19-8-5(14)3-4(13)6(11)7(8)12/h3H,2,13-14H2,1H3,(H,15,18). The van der Waals surface area contributed by atoms with Crippen LogP contribution in [0.25, 0.3) is 0 Å². The van der Waals surface area contributed by atoms with E-state index in [9.17, 15) is 9.18 Å². The Balaban J connectivity index is 2.49. The molecule has 2 aromatic rings. The lowest BCUT2D eigenvalue weighted by Gasteiger charge is -2.09. The molecular formula is C10H11ClFN5OS. The zero-order chi connectivity index (χ0) is 14.2. The molecule has 0 fully saturated rings. The predicted molar refractivity (Wildman–Crippen MR) is 72.9 cm³/mol. The topological polar surface area (TPSA) is 103 Å². The SMILES string of the molecule is CCn1c(Sc2c(N)cc(N)c(Cl)c2F)n[nH]c1=O. The first kappa shape index (κ1) is 13.8. The predicted octanol–water partition coefficient (Wildman–Crippen LogP) is 1.70. The molecule has 0 saturated heterocycles. The van der Waals surface area contributed by atoms with E-state index in [1.54, 1.807) is 6.92 Å². The van der Waals surface area contributed by atoms with E-state index >= 15 is 0 Å².